The Balaban J connectivity index is 0.00000392. The van der Waals surface area contributed by atoms with Crippen molar-refractivity contribution in [3.05, 3.63) is 16.1 Å². The minimum Gasteiger partial charge on any atom is -0.379 e. The molecule has 1 fully saturated rings. The molecule has 1 aromatic heterocycles. The number of hydrogen-bond donors (Lipinski definition) is 2. The van der Waals surface area contributed by atoms with Crippen LogP contribution in [0.3, 0.4) is 0 Å². The molecule has 1 saturated heterocycles. The molecule has 28 heavy (non-hydrogen) atoms. The first-order valence-electron chi connectivity index (χ1n) is 10.3. The smallest absolute Gasteiger partial charge is 0.191 e. The normalized spacial score (nSPS) is 16.9. The molecule has 0 aliphatic carbocycles. The molecular formula is C20H38IN5OS. The number of aliphatic imine (C=N–C) groups is 1. The van der Waals surface area contributed by atoms with Crippen molar-refractivity contribution in [2.75, 3.05) is 39.4 Å². The van der Waals surface area contributed by atoms with Crippen LogP contribution in [0, 0.1) is 5.92 Å². The number of halogens is 1. The van der Waals surface area contributed by atoms with Crippen LogP contribution in [-0.2, 0) is 11.3 Å². The van der Waals surface area contributed by atoms with Crippen LogP contribution in [0.15, 0.2) is 10.4 Å². The third-order valence-electron chi connectivity index (χ3n) is 4.62. The number of hydrogen-bond acceptors (Lipinski definition) is 5. The average Bonchev–Trinajstić information content (AvgIpc) is 3.12. The monoisotopic (exact) mass is 523 g/mol. The lowest BCUT2D eigenvalue weighted by Gasteiger charge is -2.35. The van der Waals surface area contributed by atoms with Gasteiger partial charge in [-0.15, -0.1) is 35.3 Å². The number of thiazole rings is 1. The van der Waals surface area contributed by atoms with E-state index in [0.29, 0.717) is 24.4 Å². The number of ether oxygens (including phenoxy) is 1. The first-order chi connectivity index (χ1) is 13.0. The SMILES string of the molecule is CCNC(=NCc1csc(C(C)C)n1)NCC(CC(C)C)N1CCOCC1.I. The fraction of sp³-hybridized carbons (Fsp3) is 0.800. The molecule has 0 amide bonds. The Morgan fingerprint density at radius 1 is 1.25 bits per heavy atom. The number of nitrogens with one attached hydrogen (secondary N) is 2. The Labute approximate surface area is 192 Å². The van der Waals surface area contributed by atoms with Gasteiger partial charge >= 0.3 is 0 Å². The molecule has 1 atom stereocenters. The fourth-order valence-electron chi connectivity index (χ4n) is 3.23. The van der Waals surface area contributed by atoms with E-state index in [-0.39, 0.29) is 24.0 Å². The van der Waals surface area contributed by atoms with Crippen LogP contribution < -0.4 is 10.6 Å². The lowest BCUT2D eigenvalue weighted by Crippen LogP contribution is -2.51. The molecule has 1 aromatic rings. The summed E-state index contributed by atoms with van der Waals surface area (Å²) in [4.78, 5) is 12.0. The first kappa shape index (κ1) is 25.6. The van der Waals surface area contributed by atoms with Crippen LogP contribution in [0.4, 0.5) is 0 Å². The summed E-state index contributed by atoms with van der Waals surface area (Å²) >= 11 is 1.73. The van der Waals surface area contributed by atoms with Gasteiger partial charge in [-0.2, -0.15) is 0 Å². The Hall–Kier alpha value is -0.450. The van der Waals surface area contributed by atoms with Crippen LogP contribution >= 0.6 is 35.3 Å². The summed E-state index contributed by atoms with van der Waals surface area (Å²) in [7, 11) is 0. The van der Waals surface area contributed by atoms with Crippen molar-refractivity contribution in [1.82, 2.24) is 20.5 Å². The minimum atomic E-state index is 0. The van der Waals surface area contributed by atoms with Gasteiger partial charge in [0.2, 0.25) is 0 Å². The molecule has 6 nitrogen and oxygen atoms in total. The molecule has 1 unspecified atom stereocenters. The van der Waals surface area contributed by atoms with Crippen molar-refractivity contribution < 1.29 is 4.74 Å². The molecule has 8 heteroatoms. The molecule has 2 N–H and O–H groups in total. The van der Waals surface area contributed by atoms with E-state index in [1.54, 1.807) is 11.3 Å². The topological polar surface area (TPSA) is 61.8 Å². The molecule has 1 aliphatic heterocycles. The first-order valence-corrected chi connectivity index (χ1v) is 11.2. The summed E-state index contributed by atoms with van der Waals surface area (Å²) in [6.45, 7) is 17.1. The Kier molecular flexibility index (Phi) is 12.5. The fourth-order valence-corrected chi connectivity index (χ4v) is 4.05. The van der Waals surface area contributed by atoms with Crippen LogP contribution in [0.2, 0.25) is 0 Å². The van der Waals surface area contributed by atoms with Gasteiger partial charge in [-0.1, -0.05) is 27.7 Å². The maximum absolute atomic E-state index is 5.52. The van der Waals surface area contributed by atoms with Crippen LogP contribution in [0.5, 0.6) is 0 Å². The van der Waals surface area contributed by atoms with Crippen molar-refractivity contribution in [2.24, 2.45) is 10.9 Å². The summed E-state index contributed by atoms with van der Waals surface area (Å²) in [5.74, 6) is 2.02. The summed E-state index contributed by atoms with van der Waals surface area (Å²) in [5.41, 5.74) is 1.05. The zero-order valence-electron chi connectivity index (χ0n) is 18.0. The second kappa shape index (κ2) is 13.7. The zero-order valence-corrected chi connectivity index (χ0v) is 21.2. The molecule has 2 heterocycles. The molecule has 0 radical (unpaired) electrons. The average molecular weight is 524 g/mol. The van der Waals surface area contributed by atoms with Crippen molar-refractivity contribution in [1.29, 1.82) is 0 Å². The van der Waals surface area contributed by atoms with Gasteiger partial charge in [0.15, 0.2) is 5.96 Å². The van der Waals surface area contributed by atoms with E-state index in [4.69, 9.17) is 9.73 Å². The van der Waals surface area contributed by atoms with E-state index in [1.807, 2.05) is 0 Å². The summed E-state index contributed by atoms with van der Waals surface area (Å²) < 4.78 is 5.52. The van der Waals surface area contributed by atoms with Crippen molar-refractivity contribution >= 4 is 41.3 Å². The molecule has 0 aromatic carbocycles. The van der Waals surface area contributed by atoms with Gasteiger partial charge in [0.25, 0.3) is 0 Å². The quantitative estimate of drug-likeness (QED) is 0.294. The van der Waals surface area contributed by atoms with E-state index < -0.39 is 0 Å². The highest BCUT2D eigenvalue weighted by Crippen LogP contribution is 2.19. The number of nitrogens with zero attached hydrogens (tertiary/aromatic N) is 3. The van der Waals surface area contributed by atoms with Crippen molar-refractivity contribution in [3.63, 3.8) is 0 Å². The third kappa shape index (κ3) is 8.92. The highest BCUT2D eigenvalue weighted by Gasteiger charge is 2.22. The van der Waals surface area contributed by atoms with Gasteiger partial charge in [-0.25, -0.2) is 9.98 Å². The van der Waals surface area contributed by atoms with Crippen LogP contribution in [0.25, 0.3) is 0 Å². The molecule has 0 saturated carbocycles. The predicted molar refractivity (Wildman–Crippen MR) is 130 cm³/mol. The van der Waals surface area contributed by atoms with Crippen molar-refractivity contribution in [2.45, 2.75) is 59.5 Å². The highest BCUT2D eigenvalue weighted by atomic mass is 127. The molecule has 1 aliphatic rings. The van der Waals surface area contributed by atoms with Crippen LogP contribution in [-0.4, -0.2) is 61.3 Å². The maximum atomic E-state index is 5.52. The second-order valence-electron chi connectivity index (χ2n) is 7.84. The molecular weight excluding hydrogens is 485 g/mol. The lowest BCUT2D eigenvalue weighted by atomic mass is 10.0. The second-order valence-corrected chi connectivity index (χ2v) is 8.73. The maximum Gasteiger partial charge on any atom is 0.191 e. The molecule has 162 valence electrons. The number of rotatable bonds is 9. The van der Waals surface area contributed by atoms with E-state index >= 15 is 0 Å². The summed E-state index contributed by atoms with van der Waals surface area (Å²) in [6.07, 6.45) is 1.18. The Bertz CT molecular complexity index is 573. The largest absolute Gasteiger partial charge is 0.379 e. The van der Waals surface area contributed by atoms with Gasteiger partial charge in [0, 0.05) is 43.5 Å². The van der Waals surface area contributed by atoms with Gasteiger partial charge in [-0.3, -0.25) is 4.90 Å². The van der Waals surface area contributed by atoms with Gasteiger partial charge in [-0.05, 0) is 19.3 Å². The number of guanidine groups is 1. The third-order valence-corrected chi connectivity index (χ3v) is 5.81. The predicted octanol–water partition coefficient (Wildman–Crippen LogP) is 3.69. The van der Waals surface area contributed by atoms with Crippen LogP contribution in [0.1, 0.15) is 57.7 Å². The molecule has 0 spiro atoms. The minimum absolute atomic E-state index is 0. The van der Waals surface area contributed by atoms with Gasteiger partial charge in [0.1, 0.15) is 0 Å². The number of aromatic nitrogens is 1. The standard InChI is InChI=1S/C20H37N5OS.HI/c1-6-21-20(22-12-17-14-27-19(24-17)16(4)5)23-13-18(11-15(2)3)25-7-9-26-10-8-25;/h14-16,18H,6-13H2,1-5H3,(H2,21,22,23);1H. The van der Waals surface area contributed by atoms with Gasteiger partial charge < -0.3 is 15.4 Å². The highest BCUT2D eigenvalue weighted by molar-refractivity contribution is 14.0. The number of morpholine rings is 1. The van der Waals surface area contributed by atoms with E-state index in [0.717, 1.165) is 51.0 Å². The molecule has 2 rings (SSSR count). The lowest BCUT2D eigenvalue weighted by molar-refractivity contribution is 0.0132. The summed E-state index contributed by atoms with van der Waals surface area (Å²) in [5, 5.41) is 10.2. The Morgan fingerprint density at radius 3 is 2.54 bits per heavy atom. The Morgan fingerprint density at radius 2 is 1.96 bits per heavy atom. The van der Waals surface area contributed by atoms with E-state index in [2.05, 4.69) is 60.5 Å². The van der Waals surface area contributed by atoms with E-state index in [1.165, 1.54) is 11.4 Å². The molecule has 0 bridgehead atoms. The zero-order chi connectivity index (χ0) is 19.6. The summed E-state index contributed by atoms with van der Waals surface area (Å²) in [6, 6.07) is 0.504. The van der Waals surface area contributed by atoms with Gasteiger partial charge in [0.05, 0.1) is 30.5 Å². The van der Waals surface area contributed by atoms with Crippen molar-refractivity contribution in [3.8, 4) is 0 Å². The van der Waals surface area contributed by atoms with E-state index in [9.17, 15) is 0 Å².